The zero-order chi connectivity index (χ0) is 29.1. The molecule has 6 atom stereocenters. The topological polar surface area (TPSA) is 161 Å². The summed E-state index contributed by atoms with van der Waals surface area (Å²) in [5, 5.41) is 18.9. The standard InChI is InChI=1S/C30H37N5O6/c1-30(2)18-13-35(25(23(18)30)28(40)33-20(22(37)14-36)12-17-9-10-31-26(17)38)29(41)24(15-7-8-15)34-27(39)21-11-16-5-3-4-6-19(16)32-21/h3-6,11,15,17-18,20,23-25,32,36H,7-10,12-14H2,1-2H3,(H,31,38)(H,33,40)(H,34,39)/t17-,18-,20-,23-,24-,25-/m0/s1. The molecule has 2 aromatic rings. The number of ketones is 1. The molecule has 2 saturated heterocycles. The van der Waals surface area contributed by atoms with Gasteiger partial charge in [0.1, 0.15) is 24.4 Å². The molecule has 6 rings (SSSR count). The van der Waals surface area contributed by atoms with Crippen LogP contribution in [-0.2, 0) is 19.2 Å². The Morgan fingerprint density at radius 1 is 1.12 bits per heavy atom. The SMILES string of the molecule is CC1(C)[C@@H]2[C@@H](C(=O)N[C@@H](C[C@@H]3CCNC3=O)C(=O)CO)N(C(=O)[C@@H](NC(=O)c3cc4ccccc4[nH]3)C3CC3)C[C@@H]21. The van der Waals surface area contributed by atoms with Crippen LogP contribution < -0.4 is 16.0 Å². The molecule has 4 aliphatic rings. The maximum Gasteiger partial charge on any atom is 0.268 e. The lowest BCUT2D eigenvalue weighted by Crippen LogP contribution is -2.58. The number of H-pyrrole nitrogens is 1. The summed E-state index contributed by atoms with van der Waals surface area (Å²) in [5.41, 5.74) is 1.04. The van der Waals surface area contributed by atoms with Gasteiger partial charge in [-0.25, -0.2) is 0 Å². The molecule has 3 heterocycles. The molecule has 4 amide bonds. The van der Waals surface area contributed by atoms with Gasteiger partial charge < -0.3 is 30.9 Å². The van der Waals surface area contributed by atoms with Gasteiger partial charge in [-0.05, 0) is 61.0 Å². The third-order valence-electron chi connectivity index (χ3n) is 9.72. The van der Waals surface area contributed by atoms with Crippen molar-refractivity contribution in [1.29, 1.82) is 0 Å². The number of carbonyl (C=O) groups is 5. The monoisotopic (exact) mass is 563 g/mol. The molecule has 218 valence electrons. The fourth-order valence-electron chi connectivity index (χ4n) is 7.01. The maximum atomic E-state index is 14.0. The van der Waals surface area contributed by atoms with E-state index in [0.717, 1.165) is 23.7 Å². The first kappa shape index (κ1) is 27.4. The summed E-state index contributed by atoms with van der Waals surface area (Å²) in [6, 6.07) is 6.71. The number of hydrogen-bond donors (Lipinski definition) is 5. The minimum atomic E-state index is -1.03. The summed E-state index contributed by atoms with van der Waals surface area (Å²) in [6.45, 7) is 4.28. The third kappa shape index (κ3) is 5.00. The Morgan fingerprint density at radius 3 is 2.54 bits per heavy atom. The molecule has 0 spiro atoms. The molecule has 0 unspecified atom stereocenters. The number of hydrogen-bond acceptors (Lipinski definition) is 6. The van der Waals surface area contributed by atoms with Crippen molar-refractivity contribution in [2.75, 3.05) is 19.7 Å². The van der Waals surface area contributed by atoms with E-state index >= 15 is 0 Å². The molecule has 2 saturated carbocycles. The van der Waals surface area contributed by atoms with E-state index in [1.807, 2.05) is 24.3 Å². The number of piperidine rings is 1. The number of nitrogens with zero attached hydrogens (tertiary/aromatic N) is 1. The van der Waals surface area contributed by atoms with Crippen LogP contribution in [0.15, 0.2) is 30.3 Å². The van der Waals surface area contributed by atoms with Crippen molar-refractivity contribution in [3.05, 3.63) is 36.0 Å². The summed E-state index contributed by atoms with van der Waals surface area (Å²) >= 11 is 0. The summed E-state index contributed by atoms with van der Waals surface area (Å²) < 4.78 is 0. The first-order chi connectivity index (χ1) is 19.6. The first-order valence-corrected chi connectivity index (χ1v) is 14.5. The van der Waals surface area contributed by atoms with Crippen LogP contribution in [0.25, 0.3) is 10.9 Å². The lowest BCUT2D eigenvalue weighted by atomic mass is 9.94. The molecule has 11 heteroatoms. The van der Waals surface area contributed by atoms with E-state index in [-0.39, 0.29) is 47.3 Å². The number of benzene rings is 1. The van der Waals surface area contributed by atoms with Gasteiger partial charge in [-0.1, -0.05) is 32.0 Å². The molecule has 2 aliphatic heterocycles. The Kier molecular flexibility index (Phi) is 6.88. The van der Waals surface area contributed by atoms with E-state index in [4.69, 9.17) is 0 Å². The highest BCUT2D eigenvalue weighted by atomic mass is 16.3. The Hall–Kier alpha value is -3.73. The number of aromatic amines is 1. The van der Waals surface area contributed by atoms with Crippen LogP contribution in [0.5, 0.6) is 0 Å². The van der Waals surface area contributed by atoms with Crippen LogP contribution in [0.1, 0.15) is 50.0 Å². The zero-order valence-electron chi connectivity index (χ0n) is 23.3. The molecule has 11 nitrogen and oxygen atoms in total. The molecule has 1 aromatic carbocycles. The predicted octanol–water partition coefficient (Wildman–Crippen LogP) is 0.732. The molecule has 41 heavy (non-hydrogen) atoms. The lowest BCUT2D eigenvalue weighted by molar-refractivity contribution is -0.143. The second-order valence-electron chi connectivity index (χ2n) is 12.6. The number of nitrogens with one attached hydrogen (secondary N) is 4. The number of aromatic nitrogens is 1. The van der Waals surface area contributed by atoms with Crippen LogP contribution >= 0.6 is 0 Å². The number of aliphatic hydroxyl groups excluding tert-OH is 1. The van der Waals surface area contributed by atoms with Crippen molar-refractivity contribution in [2.45, 2.75) is 57.7 Å². The van der Waals surface area contributed by atoms with E-state index in [9.17, 15) is 29.1 Å². The molecular weight excluding hydrogens is 526 g/mol. The summed E-state index contributed by atoms with van der Waals surface area (Å²) in [7, 11) is 0. The average Bonchev–Trinajstić information content (AvgIpc) is 3.62. The fraction of sp³-hybridized carbons (Fsp3) is 0.567. The quantitative estimate of drug-likeness (QED) is 0.287. The van der Waals surface area contributed by atoms with Gasteiger partial charge in [0.2, 0.25) is 17.7 Å². The van der Waals surface area contributed by atoms with Crippen molar-refractivity contribution in [1.82, 2.24) is 25.8 Å². The van der Waals surface area contributed by atoms with Gasteiger partial charge in [-0.15, -0.1) is 0 Å². The molecule has 5 N–H and O–H groups in total. The highest BCUT2D eigenvalue weighted by Crippen LogP contribution is 2.65. The van der Waals surface area contributed by atoms with Crippen LogP contribution in [0.4, 0.5) is 0 Å². The summed E-state index contributed by atoms with van der Waals surface area (Å²) in [5.74, 6) is -2.26. The van der Waals surface area contributed by atoms with Gasteiger partial charge in [-0.2, -0.15) is 0 Å². The Bertz CT molecular complexity index is 1380. The molecule has 0 bridgehead atoms. The van der Waals surface area contributed by atoms with Crippen LogP contribution in [0, 0.1) is 29.1 Å². The van der Waals surface area contributed by atoms with E-state index in [0.29, 0.717) is 25.2 Å². The van der Waals surface area contributed by atoms with Crippen molar-refractivity contribution >= 4 is 40.3 Å². The van der Waals surface area contributed by atoms with E-state index in [1.54, 1.807) is 11.0 Å². The Labute approximate surface area is 237 Å². The number of Topliss-reactive ketones (excluding diaryl/α,β-unsaturated/α-hetero) is 1. The Balaban J connectivity index is 1.20. The molecule has 0 radical (unpaired) electrons. The molecule has 4 fully saturated rings. The normalized spacial score (nSPS) is 27.6. The maximum absolute atomic E-state index is 14.0. The summed E-state index contributed by atoms with van der Waals surface area (Å²) in [4.78, 5) is 70.5. The van der Waals surface area contributed by atoms with E-state index in [2.05, 4.69) is 34.8 Å². The van der Waals surface area contributed by atoms with Crippen LogP contribution in [0.3, 0.4) is 0 Å². The number of para-hydroxylation sites is 1. The summed E-state index contributed by atoms with van der Waals surface area (Å²) in [6.07, 6.45) is 2.27. The number of likely N-dealkylation sites (tertiary alicyclic amines) is 1. The van der Waals surface area contributed by atoms with E-state index < -0.39 is 42.3 Å². The third-order valence-corrected chi connectivity index (χ3v) is 9.72. The highest BCUT2D eigenvalue weighted by Gasteiger charge is 2.70. The van der Waals surface area contributed by atoms with Crippen LogP contribution in [-0.4, -0.2) is 82.2 Å². The lowest BCUT2D eigenvalue weighted by Gasteiger charge is -2.34. The number of rotatable bonds is 10. The molecule has 2 aliphatic carbocycles. The number of amides is 4. The van der Waals surface area contributed by atoms with Gasteiger partial charge >= 0.3 is 0 Å². The van der Waals surface area contributed by atoms with E-state index in [1.165, 1.54) is 0 Å². The van der Waals surface area contributed by atoms with Gasteiger partial charge in [0, 0.05) is 29.9 Å². The second kappa shape index (κ2) is 10.3. The van der Waals surface area contributed by atoms with Gasteiger partial charge in [0.15, 0.2) is 5.78 Å². The Morgan fingerprint density at radius 2 is 1.88 bits per heavy atom. The van der Waals surface area contributed by atoms with Gasteiger partial charge in [0.05, 0.1) is 6.04 Å². The number of fused-ring (bicyclic) bond motifs is 2. The van der Waals surface area contributed by atoms with Crippen molar-refractivity contribution < 1.29 is 29.1 Å². The smallest absolute Gasteiger partial charge is 0.268 e. The number of aliphatic hydroxyl groups is 1. The minimum absolute atomic E-state index is 0.00549. The minimum Gasteiger partial charge on any atom is -0.389 e. The first-order valence-electron chi connectivity index (χ1n) is 14.5. The predicted molar refractivity (Wildman–Crippen MR) is 148 cm³/mol. The van der Waals surface area contributed by atoms with Crippen molar-refractivity contribution in [3.63, 3.8) is 0 Å². The van der Waals surface area contributed by atoms with Gasteiger partial charge in [-0.3, -0.25) is 24.0 Å². The fourth-order valence-corrected chi connectivity index (χ4v) is 7.01. The molecule has 1 aromatic heterocycles. The largest absolute Gasteiger partial charge is 0.389 e. The van der Waals surface area contributed by atoms with Gasteiger partial charge in [0.25, 0.3) is 5.91 Å². The highest BCUT2D eigenvalue weighted by molar-refractivity contribution is 6.01. The number of carbonyl (C=O) groups excluding carboxylic acids is 5. The molecular formula is C30H37N5O6. The second-order valence-corrected chi connectivity index (χ2v) is 12.6. The van der Waals surface area contributed by atoms with Crippen molar-refractivity contribution in [3.8, 4) is 0 Å². The average molecular weight is 564 g/mol. The van der Waals surface area contributed by atoms with Crippen LogP contribution in [0.2, 0.25) is 0 Å². The van der Waals surface area contributed by atoms with Crippen molar-refractivity contribution in [2.24, 2.45) is 29.1 Å². The zero-order valence-corrected chi connectivity index (χ0v) is 23.3.